The third-order valence-corrected chi connectivity index (χ3v) is 4.44. The maximum atomic E-state index is 12.9. The zero-order chi connectivity index (χ0) is 17.4. The number of hydrogen-bond acceptors (Lipinski definition) is 4. The quantitative estimate of drug-likeness (QED) is 0.779. The van der Waals surface area contributed by atoms with Crippen molar-refractivity contribution in [1.82, 2.24) is 15.1 Å². The number of aryl methyl sites for hydroxylation is 1. The van der Waals surface area contributed by atoms with Gasteiger partial charge in [-0.3, -0.25) is 9.59 Å². The average Bonchev–Trinajstić information content (AvgIpc) is 2.65. The van der Waals surface area contributed by atoms with Crippen LogP contribution in [0.1, 0.15) is 28.5 Å². The Morgan fingerprint density at radius 3 is 2.72 bits per heavy atom. The van der Waals surface area contributed by atoms with E-state index in [1.54, 1.807) is 31.3 Å². The van der Waals surface area contributed by atoms with Crippen LogP contribution in [-0.4, -0.2) is 22.3 Å². The van der Waals surface area contributed by atoms with Crippen molar-refractivity contribution in [3.8, 4) is 5.75 Å². The predicted octanol–water partition coefficient (Wildman–Crippen LogP) is 2.19. The van der Waals surface area contributed by atoms with E-state index in [-0.39, 0.29) is 23.2 Å². The number of ether oxygens (including phenoxy) is 1. The van der Waals surface area contributed by atoms with E-state index >= 15 is 0 Å². The van der Waals surface area contributed by atoms with Crippen molar-refractivity contribution in [2.24, 2.45) is 7.05 Å². The van der Waals surface area contributed by atoms with Gasteiger partial charge in [-0.1, -0.05) is 36.4 Å². The standard InChI is InChI=1S/C19H17N3O3/c1-22-19(24)13-7-3-2-6-12(13)17(21-22)18(23)20-15-10-11-25-16-9-5-4-8-14(15)16/h2-9,15H,10-11H2,1H3,(H,20,23)/t15-/m0/s1. The molecule has 4 rings (SSSR count). The second-order valence-corrected chi connectivity index (χ2v) is 6.02. The van der Waals surface area contributed by atoms with Gasteiger partial charge in [0.15, 0.2) is 5.69 Å². The highest BCUT2D eigenvalue weighted by Gasteiger charge is 2.25. The molecule has 0 spiro atoms. The number of fused-ring (bicyclic) bond motifs is 2. The Labute approximate surface area is 144 Å². The van der Waals surface area contributed by atoms with Crippen LogP contribution < -0.4 is 15.6 Å². The van der Waals surface area contributed by atoms with Crippen molar-refractivity contribution >= 4 is 16.7 Å². The van der Waals surface area contributed by atoms with Gasteiger partial charge in [0, 0.05) is 24.4 Å². The summed E-state index contributed by atoms with van der Waals surface area (Å²) >= 11 is 0. The SMILES string of the molecule is Cn1nc(C(=O)N[C@H]2CCOc3ccccc32)c2ccccc2c1=O. The molecule has 6 nitrogen and oxygen atoms in total. The molecule has 1 aromatic heterocycles. The van der Waals surface area contributed by atoms with Crippen molar-refractivity contribution in [2.75, 3.05) is 6.61 Å². The first kappa shape index (κ1) is 15.4. The summed E-state index contributed by atoms with van der Waals surface area (Å²) in [5.41, 5.74) is 0.987. The number of carbonyl (C=O) groups excluding carboxylic acids is 1. The number of amides is 1. The van der Waals surface area contributed by atoms with E-state index in [1.165, 1.54) is 4.68 Å². The Morgan fingerprint density at radius 1 is 1.16 bits per heavy atom. The Balaban J connectivity index is 1.73. The van der Waals surface area contributed by atoms with E-state index in [0.29, 0.717) is 23.8 Å². The molecule has 1 aliphatic heterocycles. The molecule has 0 radical (unpaired) electrons. The number of nitrogens with zero attached hydrogens (tertiary/aromatic N) is 2. The Kier molecular flexibility index (Phi) is 3.72. The van der Waals surface area contributed by atoms with Crippen molar-refractivity contribution in [3.05, 3.63) is 70.1 Å². The molecule has 126 valence electrons. The molecular formula is C19H17N3O3. The number of aromatic nitrogens is 2. The zero-order valence-corrected chi connectivity index (χ0v) is 13.7. The maximum Gasteiger partial charge on any atom is 0.274 e. The first-order chi connectivity index (χ1) is 12.1. The van der Waals surface area contributed by atoms with Crippen molar-refractivity contribution in [1.29, 1.82) is 0 Å². The summed E-state index contributed by atoms with van der Waals surface area (Å²) < 4.78 is 6.84. The lowest BCUT2D eigenvalue weighted by Gasteiger charge is -2.26. The monoisotopic (exact) mass is 335 g/mol. The number of rotatable bonds is 2. The summed E-state index contributed by atoms with van der Waals surface area (Å²) in [4.78, 5) is 25.1. The number of hydrogen-bond donors (Lipinski definition) is 1. The Bertz CT molecular complexity index is 1030. The molecule has 1 aliphatic rings. The molecule has 25 heavy (non-hydrogen) atoms. The molecule has 1 N–H and O–H groups in total. The highest BCUT2D eigenvalue weighted by atomic mass is 16.5. The molecule has 6 heteroatoms. The summed E-state index contributed by atoms with van der Waals surface area (Å²) in [6.07, 6.45) is 0.687. The van der Waals surface area contributed by atoms with Gasteiger partial charge in [0.1, 0.15) is 5.75 Å². The third kappa shape index (κ3) is 2.65. The minimum absolute atomic E-state index is 0.143. The molecule has 2 aromatic carbocycles. The van der Waals surface area contributed by atoms with Crippen molar-refractivity contribution < 1.29 is 9.53 Å². The minimum atomic E-state index is -0.298. The van der Waals surface area contributed by atoms with Crippen LogP contribution >= 0.6 is 0 Å². The van der Waals surface area contributed by atoms with Crippen LogP contribution in [0.25, 0.3) is 10.8 Å². The molecule has 0 unspecified atom stereocenters. The first-order valence-corrected chi connectivity index (χ1v) is 8.14. The fourth-order valence-electron chi connectivity index (χ4n) is 3.19. The molecule has 0 fully saturated rings. The number of benzene rings is 2. The Morgan fingerprint density at radius 2 is 1.88 bits per heavy atom. The normalized spacial score (nSPS) is 16.1. The van der Waals surface area contributed by atoms with Gasteiger partial charge in [-0.2, -0.15) is 5.10 Å². The van der Waals surface area contributed by atoms with Gasteiger partial charge in [0.25, 0.3) is 11.5 Å². The summed E-state index contributed by atoms with van der Waals surface area (Å²) in [7, 11) is 1.55. The largest absolute Gasteiger partial charge is 0.493 e. The molecule has 0 bridgehead atoms. The van der Waals surface area contributed by atoms with E-state index < -0.39 is 0 Å². The third-order valence-electron chi connectivity index (χ3n) is 4.44. The van der Waals surface area contributed by atoms with Crippen LogP contribution in [0.15, 0.2) is 53.3 Å². The van der Waals surface area contributed by atoms with Gasteiger partial charge in [-0.05, 0) is 12.1 Å². The van der Waals surface area contributed by atoms with Crippen LogP contribution in [0.3, 0.4) is 0 Å². The number of para-hydroxylation sites is 1. The zero-order valence-electron chi connectivity index (χ0n) is 13.7. The van der Waals surface area contributed by atoms with Gasteiger partial charge < -0.3 is 10.1 Å². The van der Waals surface area contributed by atoms with Gasteiger partial charge in [0.05, 0.1) is 18.0 Å². The topological polar surface area (TPSA) is 73.2 Å². The maximum absolute atomic E-state index is 12.9. The number of nitrogens with one attached hydrogen (secondary N) is 1. The van der Waals surface area contributed by atoms with E-state index in [4.69, 9.17) is 4.74 Å². The van der Waals surface area contributed by atoms with Crippen molar-refractivity contribution in [3.63, 3.8) is 0 Å². The molecule has 1 atom stereocenters. The lowest BCUT2D eigenvalue weighted by molar-refractivity contribution is 0.0919. The molecule has 0 aliphatic carbocycles. The molecule has 2 heterocycles. The second kappa shape index (κ2) is 6.05. The fraction of sp³-hybridized carbons (Fsp3) is 0.211. The van der Waals surface area contributed by atoms with Crippen molar-refractivity contribution in [2.45, 2.75) is 12.5 Å². The average molecular weight is 335 g/mol. The molecule has 0 saturated carbocycles. The number of carbonyl (C=O) groups is 1. The minimum Gasteiger partial charge on any atom is -0.493 e. The fourth-order valence-corrected chi connectivity index (χ4v) is 3.19. The smallest absolute Gasteiger partial charge is 0.274 e. The molecular weight excluding hydrogens is 318 g/mol. The molecule has 0 saturated heterocycles. The summed E-state index contributed by atoms with van der Waals surface area (Å²) in [5.74, 6) is 0.492. The van der Waals surface area contributed by atoms with E-state index in [2.05, 4.69) is 10.4 Å². The van der Waals surface area contributed by atoms with Gasteiger partial charge >= 0.3 is 0 Å². The lowest BCUT2D eigenvalue weighted by atomic mass is 10.00. The lowest BCUT2D eigenvalue weighted by Crippen LogP contribution is -2.34. The van der Waals surface area contributed by atoms with Crippen LogP contribution in [0.2, 0.25) is 0 Å². The van der Waals surface area contributed by atoms with Gasteiger partial charge in [-0.25, -0.2) is 4.68 Å². The van der Waals surface area contributed by atoms with Gasteiger partial charge in [-0.15, -0.1) is 0 Å². The Hall–Kier alpha value is -3.15. The van der Waals surface area contributed by atoms with Crippen LogP contribution in [-0.2, 0) is 7.05 Å². The van der Waals surface area contributed by atoms with E-state index in [9.17, 15) is 9.59 Å². The van der Waals surface area contributed by atoms with Crippen LogP contribution in [0.4, 0.5) is 0 Å². The summed E-state index contributed by atoms with van der Waals surface area (Å²) in [5, 5.41) is 8.26. The van der Waals surface area contributed by atoms with Gasteiger partial charge in [0.2, 0.25) is 0 Å². The molecule has 1 amide bonds. The highest BCUT2D eigenvalue weighted by molar-refractivity contribution is 6.04. The van der Waals surface area contributed by atoms with Crippen LogP contribution in [0.5, 0.6) is 5.75 Å². The van der Waals surface area contributed by atoms with E-state index in [0.717, 1.165) is 11.3 Å². The van der Waals surface area contributed by atoms with Crippen LogP contribution in [0, 0.1) is 0 Å². The summed E-state index contributed by atoms with van der Waals surface area (Å²) in [6.45, 7) is 0.545. The molecule has 3 aromatic rings. The summed E-state index contributed by atoms with van der Waals surface area (Å²) in [6, 6.07) is 14.6. The first-order valence-electron chi connectivity index (χ1n) is 8.14. The second-order valence-electron chi connectivity index (χ2n) is 6.02. The van der Waals surface area contributed by atoms with E-state index in [1.807, 2.05) is 24.3 Å². The highest BCUT2D eigenvalue weighted by Crippen LogP contribution is 2.31. The predicted molar refractivity (Wildman–Crippen MR) is 93.7 cm³/mol.